The van der Waals surface area contributed by atoms with Gasteiger partial charge in [-0.05, 0) is 0 Å². The molecule has 1 aromatic carbocycles. The molecule has 1 nitrogen and oxygen atoms in total. The van der Waals surface area contributed by atoms with E-state index in [0.717, 1.165) is 6.04 Å². The van der Waals surface area contributed by atoms with E-state index >= 15 is 0 Å². The van der Waals surface area contributed by atoms with Crippen LogP contribution in [0.4, 0.5) is 0 Å². The monoisotopic (exact) mass is 185 g/mol. The maximum Gasteiger partial charge on any atom is 1.00 e. The summed E-state index contributed by atoms with van der Waals surface area (Å²) in [6.07, 6.45) is 0. The second-order valence-electron chi connectivity index (χ2n) is 3.70. The predicted molar refractivity (Wildman–Crippen MR) is 56.9 cm³/mol. The van der Waals surface area contributed by atoms with Gasteiger partial charge in [-0.3, -0.25) is 0 Å². The molecule has 0 aliphatic carbocycles. The van der Waals surface area contributed by atoms with Crippen molar-refractivity contribution in [3.63, 3.8) is 0 Å². The van der Waals surface area contributed by atoms with E-state index in [1.807, 2.05) is 7.05 Å². The molecule has 0 spiro atoms. The molecule has 0 amide bonds. The molecule has 0 heterocycles. The smallest absolute Gasteiger partial charge is 0.667 e. The average molecular weight is 185 g/mol. The van der Waals surface area contributed by atoms with Crippen molar-refractivity contribution >= 4 is 8.24 Å². The fraction of sp³-hybridized carbons (Fsp3) is 0.400. The van der Waals surface area contributed by atoms with Gasteiger partial charge < -0.3 is 4.98 Å². The van der Waals surface area contributed by atoms with Crippen LogP contribution in [0.2, 0.25) is 13.1 Å². The third-order valence-corrected chi connectivity index (χ3v) is 4.57. The third kappa shape index (κ3) is 4.68. The molecule has 1 aromatic rings. The molecule has 0 radical (unpaired) electrons. The second kappa shape index (κ2) is 5.67. The van der Waals surface area contributed by atoms with Gasteiger partial charge in [0.25, 0.3) is 0 Å². The Morgan fingerprint density at radius 2 is 1.69 bits per heavy atom. The van der Waals surface area contributed by atoms with Gasteiger partial charge in [-0.1, -0.05) is 63.3 Å². The van der Waals surface area contributed by atoms with Crippen LogP contribution in [0.3, 0.4) is 0 Å². The van der Waals surface area contributed by atoms with Crippen molar-refractivity contribution in [1.82, 2.24) is 0 Å². The van der Waals surface area contributed by atoms with Gasteiger partial charge in [-0.2, -0.15) is 7.05 Å². The average Bonchev–Trinajstić information content (AvgIpc) is 2.06. The minimum atomic E-state index is -1.29. The summed E-state index contributed by atoms with van der Waals surface area (Å²) in [6, 6.07) is 11.8. The van der Waals surface area contributed by atoms with Crippen LogP contribution < -0.4 is 18.9 Å². The molecule has 0 atom stereocenters. The molecule has 0 saturated heterocycles. The van der Waals surface area contributed by atoms with Gasteiger partial charge in [0.05, 0.1) is 0 Å². The van der Waals surface area contributed by atoms with Crippen LogP contribution >= 0.6 is 0 Å². The van der Waals surface area contributed by atoms with Crippen molar-refractivity contribution in [2.24, 2.45) is 0 Å². The zero-order valence-electron chi connectivity index (χ0n) is 9.04. The molecule has 0 saturated carbocycles. The molecule has 0 aliphatic heterocycles. The fourth-order valence-electron chi connectivity index (χ4n) is 1.17. The first-order valence-electron chi connectivity index (χ1n) is 4.29. The first kappa shape index (κ1) is 13.0. The minimum Gasteiger partial charge on any atom is -0.667 e. The molecule has 0 aromatic heterocycles. The van der Waals surface area contributed by atoms with Gasteiger partial charge in [0.15, 0.2) is 0 Å². The Morgan fingerprint density at radius 3 is 2.15 bits per heavy atom. The molecule has 0 fully saturated rings. The van der Waals surface area contributed by atoms with E-state index in [0.29, 0.717) is 0 Å². The van der Waals surface area contributed by atoms with Crippen molar-refractivity contribution in [1.29, 1.82) is 0 Å². The quantitative estimate of drug-likeness (QED) is 0.588. The summed E-state index contributed by atoms with van der Waals surface area (Å²) in [5.74, 6) is 0. The van der Waals surface area contributed by atoms with Crippen molar-refractivity contribution < 1.29 is 18.9 Å². The standard InChI is InChI=1S/C10H16NSi.Li/c1-11-12(2,3)9-10-7-5-4-6-8-10;/h4-8H,9H2,1-3H3;/q-1;+1. The Morgan fingerprint density at radius 1 is 1.15 bits per heavy atom. The van der Waals surface area contributed by atoms with Crippen molar-refractivity contribution in [2.75, 3.05) is 7.05 Å². The van der Waals surface area contributed by atoms with E-state index in [1.54, 1.807) is 0 Å². The normalized spacial score (nSPS) is 10.7. The zero-order chi connectivity index (χ0) is 9.03. The van der Waals surface area contributed by atoms with Crippen LogP contribution in [0.1, 0.15) is 5.56 Å². The van der Waals surface area contributed by atoms with Crippen LogP contribution in [-0.2, 0) is 6.04 Å². The summed E-state index contributed by atoms with van der Waals surface area (Å²) in [7, 11) is 0.647. The van der Waals surface area contributed by atoms with E-state index in [4.69, 9.17) is 0 Å². The Balaban J connectivity index is 0.00000144. The Hall–Kier alpha value is -0.00571. The SMILES string of the molecule is C[N-][Si](C)(C)Cc1ccccc1.[Li+]. The third-order valence-electron chi connectivity index (χ3n) is 2.08. The first-order chi connectivity index (χ1) is 5.64. The van der Waals surface area contributed by atoms with Crippen LogP contribution in [0.15, 0.2) is 30.3 Å². The molecule has 3 heteroatoms. The van der Waals surface area contributed by atoms with Crippen molar-refractivity contribution in [3.8, 4) is 0 Å². The van der Waals surface area contributed by atoms with Gasteiger partial charge >= 0.3 is 18.9 Å². The van der Waals surface area contributed by atoms with Gasteiger partial charge in [0.1, 0.15) is 0 Å². The molecule has 0 bridgehead atoms. The maximum atomic E-state index is 4.45. The number of benzene rings is 1. The van der Waals surface area contributed by atoms with Gasteiger partial charge in [0, 0.05) is 0 Å². The molecule has 1 rings (SSSR count). The van der Waals surface area contributed by atoms with E-state index in [1.165, 1.54) is 5.56 Å². The van der Waals surface area contributed by atoms with Crippen LogP contribution in [0, 0.1) is 0 Å². The zero-order valence-corrected chi connectivity index (χ0v) is 10.0. The van der Waals surface area contributed by atoms with E-state index < -0.39 is 8.24 Å². The summed E-state index contributed by atoms with van der Waals surface area (Å²) in [5, 5.41) is 0. The van der Waals surface area contributed by atoms with Crippen molar-refractivity contribution in [3.05, 3.63) is 40.9 Å². The van der Waals surface area contributed by atoms with Crippen LogP contribution in [0.25, 0.3) is 4.98 Å². The topological polar surface area (TPSA) is 14.1 Å². The van der Waals surface area contributed by atoms with Gasteiger partial charge in [-0.25, -0.2) is 0 Å². The van der Waals surface area contributed by atoms with Gasteiger partial charge in [-0.15, -0.1) is 0 Å². The summed E-state index contributed by atoms with van der Waals surface area (Å²) in [6.45, 7) is 4.58. The van der Waals surface area contributed by atoms with E-state index in [2.05, 4.69) is 48.4 Å². The van der Waals surface area contributed by atoms with Crippen LogP contribution in [0.5, 0.6) is 0 Å². The Labute approximate surface area is 94.2 Å². The summed E-state index contributed by atoms with van der Waals surface area (Å²) in [4.78, 5) is 4.45. The molecule has 66 valence electrons. The first-order valence-corrected chi connectivity index (χ1v) is 7.44. The van der Waals surface area contributed by atoms with Gasteiger partial charge in [0.2, 0.25) is 0 Å². The Kier molecular flexibility index (Phi) is 5.66. The number of rotatable bonds is 3. The Bertz CT molecular complexity index is 236. The fourth-order valence-corrected chi connectivity index (χ4v) is 2.57. The molecule has 13 heavy (non-hydrogen) atoms. The second-order valence-corrected chi connectivity index (χ2v) is 8.12. The largest absolute Gasteiger partial charge is 1.00 e. The molecule has 0 aliphatic rings. The molecule has 0 N–H and O–H groups in total. The van der Waals surface area contributed by atoms with Crippen molar-refractivity contribution in [2.45, 2.75) is 19.1 Å². The minimum absolute atomic E-state index is 0. The molecular weight excluding hydrogens is 169 g/mol. The summed E-state index contributed by atoms with van der Waals surface area (Å²) < 4.78 is 0. The van der Waals surface area contributed by atoms with Crippen LogP contribution in [-0.4, -0.2) is 15.3 Å². The van der Waals surface area contributed by atoms with E-state index in [9.17, 15) is 0 Å². The number of nitrogens with zero attached hydrogens (tertiary/aromatic N) is 1. The molecule has 0 unspecified atom stereocenters. The summed E-state index contributed by atoms with van der Waals surface area (Å²) in [5.41, 5.74) is 1.42. The number of hydrogen-bond donors (Lipinski definition) is 0. The maximum absolute atomic E-state index is 4.45. The number of hydrogen-bond acceptors (Lipinski definition) is 0. The predicted octanol–water partition coefficient (Wildman–Crippen LogP) is -0.0191. The molecular formula is C10H16LiNSi. The van der Waals surface area contributed by atoms with E-state index in [-0.39, 0.29) is 18.9 Å². The summed E-state index contributed by atoms with van der Waals surface area (Å²) >= 11 is 0.